The van der Waals surface area contributed by atoms with E-state index in [0.29, 0.717) is 13.2 Å². The van der Waals surface area contributed by atoms with Crippen LogP contribution in [0.3, 0.4) is 0 Å². The van der Waals surface area contributed by atoms with Gasteiger partial charge in [-0.2, -0.15) is 4.31 Å². The lowest BCUT2D eigenvalue weighted by Gasteiger charge is -2.32. The maximum Gasteiger partial charge on any atom is 0.271 e. The zero-order chi connectivity index (χ0) is 14.9. The van der Waals surface area contributed by atoms with E-state index in [1.165, 1.54) is 10.4 Å². The van der Waals surface area contributed by atoms with Crippen molar-refractivity contribution in [2.45, 2.75) is 17.9 Å². The van der Waals surface area contributed by atoms with Gasteiger partial charge in [-0.1, -0.05) is 0 Å². The van der Waals surface area contributed by atoms with E-state index in [9.17, 15) is 18.5 Å². The lowest BCUT2D eigenvalue weighted by atomic mass is 10.3. The lowest BCUT2D eigenvalue weighted by Crippen LogP contribution is -2.47. The molecule has 1 heterocycles. The van der Waals surface area contributed by atoms with Crippen molar-refractivity contribution in [3.63, 3.8) is 0 Å². The van der Waals surface area contributed by atoms with E-state index in [1.807, 2.05) is 0 Å². The molecule has 0 radical (unpaired) electrons. The molecule has 20 heavy (non-hydrogen) atoms. The fraction of sp³-hybridized carbons (Fsp3) is 0.455. The summed E-state index contributed by atoms with van der Waals surface area (Å²) in [5.74, 6) is 0. The lowest BCUT2D eigenvalue weighted by molar-refractivity contribution is -0.384. The van der Waals surface area contributed by atoms with Crippen LogP contribution in [-0.4, -0.2) is 43.4 Å². The van der Waals surface area contributed by atoms with Gasteiger partial charge >= 0.3 is 0 Å². The van der Waals surface area contributed by atoms with Gasteiger partial charge in [0.1, 0.15) is 4.90 Å². The second-order valence-electron chi connectivity index (χ2n) is 4.52. The van der Waals surface area contributed by atoms with E-state index >= 15 is 0 Å². The molecule has 1 aromatic carbocycles. The Bertz CT molecular complexity index is 631. The van der Waals surface area contributed by atoms with Crippen LogP contribution in [0.4, 0.5) is 11.4 Å². The predicted molar refractivity (Wildman–Crippen MR) is 71.7 cm³/mol. The van der Waals surface area contributed by atoms with Crippen molar-refractivity contribution < 1.29 is 18.1 Å². The van der Waals surface area contributed by atoms with E-state index in [4.69, 9.17) is 10.5 Å². The van der Waals surface area contributed by atoms with Crippen molar-refractivity contribution in [1.82, 2.24) is 4.31 Å². The fourth-order valence-electron chi connectivity index (χ4n) is 2.08. The number of ether oxygens (including phenoxy) is 1. The van der Waals surface area contributed by atoms with Crippen LogP contribution in [0.25, 0.3) is 0 Å². The van der Waals surface area contributed by atoms with Gasteiger partial charge in [0.2, 0.25) is 10.0 Å². The Kier molecular flexibility index (Phi) is 3.93. The number of sulfonamides is 1. The van der Waals surface area contributed by atoms with Crippen LogP contribution in [0, 0.1) is 10.1 Å². The van der Waals surface area contributed by atoms with Gasteiger partial charge in [-0.05, 0) is 13.0 Å². The third-order valence-corrected chi connectivity index (χ3v) is 5.19. The molecule has 0 aliphatic carbocycles. The first-order valence-electron chi connectivity index (χ1n) is 5.97. The molecule has 0 saturated carbocycles. The predicted octanol–water partition coefficient (Wildman–Crippen LogP) is 0.586. The third-order valence-electron chi connectivity index (χ3n) is 3.10. The van der Waals surface area contributed by atoms with Crippen molar-refractivity contribution in [2.75, 3.05) is 25.5 Å². The molecule has 1 atom stereocenters. The van der Waals surface area contributed by atoms with Gasteiger partial charge in [0, 0.05) is 24.7 Å². The maximum atomic E-state index is 12.5. The Hall–Kier alpha value is -1.71. The molecule has 0 bridgehead atoms. The van der Waals surface area contributed by atoms with E-state index < -0.39 is 14.9 Å². The van der Waals surface area contributed by atoms with E-state index in [1.54, 1.807) is 6.92 Å². The summed E-state index contributed by atoms with van der Waals surface area (Å²) in [6, 6.07) is 3.06. The molecule has 0 amide bonds. The smallest absolute Gasteiger partial charge is 0.271 e. The molecule has 2 N–H and O–H groups in total. The van der Waals surface area contributed by atoms with Crippen LogP contribution in [-0.2, 0) is 14.8 Å². The van der Waals surface area contributed by atoms with Gasteiger partial charge < -0.3 is 10.5 Å². The van der Waals surface area contributed by atoms with E-state index in [-0.39, 0.29) is 28.9 Å². The monoisotopic (exact) mass is 301 g/mol. The number of rotatable bonds is 3. The largest absolute Gasteiger partial charge is 0.397 e. The van der Waals surface area contributed by atoms with Crippen molar-refractivity contribution in [3.05, 3.63) is 28.3 Å². The number of morpholine rings is 1. The number of nitrogens with zero attached hydrogens (tertiary/aromatic N) is 2. The SMILES string of the molecule is CC1COCCN1S(=O)(=O)c1ccc([N+](=O)[O-])cc1N. The number of benzene rings is 1. The molecule has 0 spiro atoms. The van der Waals surface area contributed by atoms with E-state index in [0.717, 1.165) is 12.1 Å². The minimum atomic E-state index is -3.78. The maximum absolute atomic E-state index is 12.5. The summed E-state index contributed by atoms with van der Waals surface area (Å²) in [6.07, 6.45) is 0. The quantitative estimate of drug-likeness (QED) is 0.496. The van der Waals surface area contributed by atoms with Crippen LogP contribution >= 0.6 is 0 Å². The number of anilines is 1. The number of hydrogen-bond donors (Lipinski definition) is 1. The van der Waals surface area contributed by atoms with Gasteiger partial charge in [-0.25, -0.2) is 8.42 Å². The van der Waals surface area contributed by atoms with Gasteiger partial charge in [0.05, 0.1) is 23.8 Å². The average Bonchev–Trinajstić information content (AvgIpc) is 2.38. The molecule has 1 fully saturated rings. The van der Waals surface area contributed by atoms with Crippen LogP contribution in [0.5, 0.6) is 0 Å². The molecule has 1 saturated heterocycles. The van der Waals surface area contributed by atoms with Crippen LogP contribution in [0.1, 0.15) is 6.92 Å². The minimum absolute atomic E-state index is 0.114. The van der Waals surface area contributed by atoms with Crippen molar-refractivity contribution in [2.24, 2.45) is 0 Å². The Morgan fingerprint density at radius 3 is 2.75 bits per heavy atom. The van der Waals surface area contributed by atoms with Gasteiger partial charge in [-0.15, -0.1) is 0 Å². The highest BCUT2D eigenvalue weighted by atomic mass is 32.2. The summed E-state index contributed by atoms with van der Waals surface area (Å²) in [7, 11) is -3.78. The zero-order valence-corrected chi connectivity index (χ0v) is 11.7. The highest BCUT2D eigenvalue weighted by Gasteiger charge is 2.33. The second-order valence-corrected chi connectivity index (χ2v) is 6.38. The van der Waals surface area contributed by atoms with Crippen molar-refractivity contribution in [1.29, 1.82) is 0 Å². The van der Waals surface area contributed by atoms with Gasteiger partial charge in [0.15, 0.2) is 0 Å². The summed E-state index contributed by atoms with van der Waals surface area (Å²) < 4.78 is 31.5. The number of nitro benzene ring substituents is 1. The summed E-state index contributed by atoms with van der Waals surface area (Å²) >= 11 is 0. The first-order chi connectivity index (χ1) is 9.34. The number of nitro groups is 1. The molecular weight excluding hydrogens is 286 g/mol. The topological polar surface area (TPSA) is 116 Å². The zero-order valence-electron chi connectivity index (χ0n) is 10.9. The Morgan fingerprint density at radius 1 is 1.50 bits per heavy atom. The fourth-order valence-corrected chi connectivity index (χ4v) is 3.78. The number of non-ortho nitro benzene ring substituents is 1. The molecule has 1 aliphatic heterocycles. The molecule has 1 aliphatic rings. The average molecular weight is 301 g/mol. The number of hydrogen-bond acceptors (Lipinski definition) is 6. The molecule has 9 heteroatoms. The summed E-state index contributed by atoms with van der Waals surface area (Å²) in [4.78, 5) is 9.91. The number of nitrogen functional groups attached to an aromatic ring is 1. The molecule has 2 rings (SSSR count). The van der Waals surface area contributed by atoms with Crippen LogP contribution < -0.4 is 5.73 Å². The summed E-state index contributed by atoms with van der Waals surface area (Å²) in [5.41, 5.74) is 5.29. The van der Waals surface area contributed by atoms with Gasteiger partial charge in [0.25, 0.3) is 5.69 Å². The van der Waals surface area contributed by atoms with Crippen LogP contribution in [0.2, 0.25) is 0 Å². The first kappa shape index (κ1) is 14.7. The van der Waals surface area contributed by atoms with Crippen LogP contribution in [0.15, 0.2) is 23.1 Å². The Balaban J connectivity index is 2.41. The standard InChI is InChI=1S/C11H15N3O5S/c1-8-7-19-5-4-13(8)20(17,18)11-3-2-9(14(15)16)6-10(11)12/h2-3,6,8H,4-5,7,12H2,1H3. The Labute approximate surface area is 116 Å². The van der Waals surface area contributed by atoms with Crippen molar-refractivity contribution in [3.8, 4) is 0 Å². The molecule has 0 aromatic heterocycles. The van der Waals surface area contributed by atoms with Gasteiger partial charge in [-0.3, -0.25) is 10.1 Å². The number of nitrogens with two attached hydrogens (primary N) is 1. The van der Waals surface area contributed by atoms with Crippen molar-refractivity contribution >= 4 is 21.4 Å². The molecule has 8 nitrogen and oxygen atoms in total. The summed E-state index contributed by atoms with van der Waals surface area (Å²) in [5, 5.41) is 10.6. The molecular formula is C11H15N3O5S. The first-order valence-corrected chi connectivity index (χ1v) is 7.41. The molecule has 1 unspecified atom stereocenters. The minimum Gasteiger partial charge on any atom is -0.397 e. The normalized spacial score (nSPS) is 20.8. The highest BCUT2D eigenvalue weighted by molar-refractivity contribution is 7.89. The summed E-state index contributed by atoms with van der Waals surface area (Å²) in [6.45, 7) is 2.60. The highest BCUT2D eigenvalue weighted by Crippen LogP contribution is 2.28. The third kappa shape index (κ3) is 2.60. The molecule has 110 valence electrons. The molecule has 1 aromatic rings. The Morgan fingerprint density at radius 2 is 2.20 bits per heavy atom. The van der Waals surface area contributed by atoms with E-state index in [2.05, 4.69) is 0 Å². The second kappa shape index (κ2) is 5.35.